The summed E-state index contributed by atoms with van der Waals surface area (Å²) in [6, 6.07) is 5.99. The van der Waals surface area contributed by atoms with Crippen molar-refractivity contribution in [2.75, 3.05) is 6.61 Å². The number of aliphatic imine (C=N–C) groups is 1. The van der Waals surface area contributed by atoms with Gasteiger partial charge in [0.05, 0.1) is 12.7 Å². The minimum Gasteiger partial charge on any atom is -0.483 e. The maximum atomic E-state index is 10.7. The molecule has 0 aliphatic carbocycles. The Morgan fingerprint density at radius 3 is 3.00 bits per heavy atom. The maximum Gasteiger partial charge on any atom is 0.433 e. The van der Waals surface area contributed by atoms with E-state index < -0.39 is 4.92 Å². The van der Waals surface area contributed by atoms with Crippen molar-refractivity contribution in [2.24, 2.45) is 4.99 Å². The Bertz CT molecular complexity index is 852. The highest BCUT2D eigenvalue weighted by Crippen LogP contribution is 2.25. The van der Waals surface area contributed by atoms with Crippen LogP contribution >= 0.6 is 0 Å². The Balaban J connectivity index is 2.02. The molecule has 0 fully saturated rings. The molecular weight excluding hydrogens is 292 g/mol. The number of aromatic nitrogens is 4. The van der Waals surface area contributed by atoms with E-state index in [9.17, 15) is 10.1 Å². The topological polar surface area (TPSA) is 121 Å². The maximum absolute atomic E-state index is 10.7. The van der Waals surface area contributed by atoms with Gasteiger partial charge in [0.1, 0.15) is 4.92 Å². The molecule has 0 aliphatic rings. The van der Waals surface area contributed by atoms with Crippen LogP contribution < -0.4 is 0 Å². The van der Waals surface area contributed by atoms with Crippen LogP contribution in [0.25, 0.3) is 17.2 Å². The minimum absolute atomic E-state index is 0.192. The Morgan fingerprint density at radius 2 is 2.27 bits per heavy atom. The van der Waals surface area contributed by atoms with Crippen LogP contribution in [0, 0.1) is 10.1 Å². The highest BCUT2D eigenvalue weighted by atomic mass is 16.6. The summed E-state index contributed by atoms with van der Waals surface area (Å²) < 4.78 is 11.5. The van der Waals surface area contributed by atoms with E-state index >= 15 is 0 Å². The summed E-state index contributed by atoms with van der Waals surface area (Å²) in [4.78, 5) is 14.1. The second-order valence-corrected chi connectivity index (χ2v) is 4.07. The minimum atomic E-state index is -0.627. The number of hydrogen-bond acceptors (Lipinski definition) is 8. The summed E-state index contributed by atoms with van der Waals surface area (Å²) in [5, 5.41) is 22.7. The molecule has 10 heteroatoms. The van der Waals surface area contributed by atoms with Crippen molar-refractivity contribution in [3.63, 3.8) is 0 Å². The van der Waals surface area contributed by atoms with Crippen molar-refractivity contribution in [3.8, 4) is 11.6 Å². The SMILES string of the molecule is CCOC=Nc1ccc2nnc(-c3ccc([N+](=O)[O-])o3)n2n1. The number of fused-ring (bicyclic) bond motifs is 1. The first-order valence-electron chi connectivity index (χ1n) is 6.30. The van der Waals surface area contributed by atoms with Gasteiger partial charge in [0.25, 0.3) is 0 Å². The Morgan fingerprint density at radius 1 is 1.41 bits per heavy atom. The summed E-state index contributed by atoms with van der Waals surface area (Å²) in [5.74, 6) is 0.439. The lowest BCUT2D eigenvalue weighted by atomic mass is 10.4. The van der Waals surface area contributed by atoms with Gasteiger partial charge in [-0.3, -0.25) is 10.1 Å². The van der Waals surface area contributed by atoms with Crippen LogP contribution in [0.5, 0.6) is 0 Å². The third-order valence-electron chi connectivity index (χ3n) is 2.67. The highest BCUT2D eigenvalue weighted by Gasteiger charge is 2.18. The van der Waals surface area contributed by atoms with E-state index in [1.807, 2.05) is 6.92 Å². The molecule has 0 amide bonds. The average molecular weight is 302 g/mol. The molecule has 10 nitrogen and oxygen atoms in total. The molecule has 0 bridgehead atoms. The van der Waals surface area contributed by atoms with E-state index in [1.165, 1.54) is 23.0 Å². The number of furan rings is 1. The molecule has 0 atom stereocenters. The summed E-state index contributed by atoms with van der Waals surface area (Å²) >= 11 is 0. The van der Waals surface area contributed by atoms with Crippen LogP contribution in [0.1, 0.15) is 6.92 Å². The number of nitrogens with zero attached hydrogens (tertiary/aromatic N) is 6. The molecule has 22 heavy (non-hydrogen) atoms. The van der Waals surface area contributed by atoms with Gasteiger partial charge in [-0.2, -0.15) is 9.51 Å². The van der Waals surface area contributed by atoms with E-state index in [0.29, 0.717) is 18.1 Å². The van der Waals surface area contributed by atoms with Crippen molar-refractivity contribution in [2.45, 2.75) is 6.92 Å². The van der Waals surface area contributed by atoms with Crippen molar-refractivity contribution in [1.29, 1.82) is 0 Å². The molecular formula is C12H10N6O4. The predicted octanol–water partition coefficient (Wildman–Crippen LogP) is 1.99. The molecule has 0 saturated carbocycles. The van der Waals surface area contributed by atoms with Gasteiger partial charge in [0.15, 0.2) is 23.6 Å². The monoisotopic (exact) mass is 302 g/mol. The van der Waals surface area contributed by atoms with Gasteiger partial charge >= 0.3 is 5.88 Å². The molecule has 3 heterocycles. The number of nitro groups is 1. The summed E-state index contributed by atoms with van der Waals surface area (Å²) in [6.07, 6.45) is 1.29. The van der Waals surface area contributed by atoms with Gasteiger partial charge in [0.2, 0.25) is 5.82 Å². The molecule has 0 radical (unpaired) electrons. The lowest BCUT2D eigenvalue weighted by molar-refractivity contribution is -0.401. The van der Waals surface area contributed by atoms with Gasteiger partial charge in [-0.15, -0.1) is 15.3 Å². The van der Waals surface area contributed by atoms with E-state index in [4.69, 9.17) is 9.15 Å². The van der Waals surface area contributed by atoms with E-state index in [-0.39, 0.29) is 17.5 Å². The van der Waals surface area contributed by atoms with Gasteiger partial charge in [-0.05, 0) is 25.1 Å². The smallest absolute Gasteiger partial charge is 0.433 e. The average Bonchev–Trinajstić information content (AvgIpc) is 3.13. The van der Waals surface area contributed by atoms with Gasteiger partial charge in [0, 0.05) is 0 Å². The summed E-state index contributed by atoms with van der Waals surface area (Å²) in [6.45, 7) is 2.34. The Kier molecular flexibility index (Phi) is 3.48. The lowest BCUT2D eigenvalue weighted by Gasteiger charge is -1.97. The Labute approximate surface area is 123 Å². The van der Waals surface area contributed by atoms with Gasteiger partial charge in [-0.25, -0.2) is 0 Å². The molecule has 0 unspecified atom stereocenters. The fraction of sp³-hybridized carbons (Fsp3) is 0.167. The molecule has 3 aromatic rings. The van der Waals surface area contributed by atoms with Gasteiger partial charge < -0.3 is 9.15 Å². The van der Waals surface area contributed by atoms with E-state index in [1.54, 1.807) is 12.1 Å². The van der Waals surface area contributed by atoms with Crippen LogP contribution in [-0.4, -0.2) is 37.7 Å². The molecule has 0 saturated heterocycles. The van der Waals surface area contributed by atoms with Crippen LogP contribution in [0.3, 0.4) is 0 Å². The highest BCUT2D eigenvalue weighted by molar-refractivity contribution is 5.57. The third kappa shape index (κ3) is 2.49. The second-order valence-electron chi connectivity index (χ2n) is 4.07. The molecule has 112 valence electrons. The summed E-state index contributed by atoms with van der Waals surface area (Å²) in [7, 11) is 0. The summed E-state index contributed by atoms with van der Waals surface area (Å²) in [5.41, 5.74) is 0.462. The number of hydrogen-bond donors (Lipinski definition) is 0. The van der Waals surface area contributed by atoms with Gasteiger partial charge in [-0.1, -0.05) is 0 Å². The Hall–Kier alpha value is -3.30. The molecule has 3 aromatic heterocycles. The quantitative estimate of drug-likeness (QED) is 0.306. The first-order chi connectivity index (χ1) is 10.7. The van der Waals surface area contributed by atoms with Crippen molar-refractivity contribution < 1.29 is 14.1 Å². The normalized spacial score (nSPS) is 11.3. The fourth-order valence-corrected chi connectivity index (χ4v) is 1.71. The van der Waals surface area contributed by atoms with Crippen LogP contribution in [-0.2, 0) is 4.74 Å². The zero-order chi connectivity index (χ0) is 15.5. The van der Waals surface area contributed by atoms with Crippen molar-refractivity contribution in [1.82, 2.24) is 19.8 Å². The zero-order valence-electron chi connectivity index (χ0n) is 11.4. The fourth-order valence-electron chi connectivity index (χ4n) is 1.71. The van der Waals surface area contributed by atoms with Crippen molar-refractivity contribution >= 4 is 23.7 Å². The molecule has 0 spiro atoms. The molecule has 0 aromatic carbocycles. The standard InChI is InChI=1S/C12H10N6O4/c1-2-21-7-13-9-4-5-10-14-15-12(17(10)16-9)8-3-6-11(22-8)18(19)20/h3-7H,2H2,1H3. The van der Waals surface area contributed by atoms with E-state index in [0.717, 1.165) is 0 Å². The zero-order valence-corrected chi connectivity index (χ0v) is 11.4. The van der Waals surface area contributed by atoms with Crippen LogP contribution in [0.4, 0.5) is 11.7 Å². The van der Waals surface area contributed by atoms with Crippen LogP contribution in [0.15, 0.2) is 33.7 Å². The lowest BCUT2D eigenvalue weighted by Crippen LogP contribution is -1.94. The van der Waals surface area contributed by atoms with E-state index in [2.05, 4.69) is 20.3 Å². The predicted molar refractivity (Wildman–Crippen MR) is 74.9 cm³/mol. The van der Waals surface area contributed by atoms with Crippen molar-refractivity contribution in [3.05, 3.63) is 34.4 Å². The first-order valence-corrected chi connectivity index (χ1v) is 6.30. The molecule has 0 N–H and O–H groups in total. The largest absolute Gasteiger partial charge is 0.483 e. The number of rotatable bonds is 5. The molecule has 0 aliphatic heterocycles. The van der Waals surface area contributed by atoms with Crippen LogP contribution in [0.2, 0.25) is 0 Å². The molecule has 3 rings (SSSR count). The second kappa shape index (κ2) is 5.60. The first kappa shape index (κ1) is 13.7. The number of ether oxygens (including phenoxy) is 1. The third-order valence-corrected chi connectivity index (χ3v) is 2.67.